The Morgan fingerprint density at radius 3 is 2.46 bits per heavy atom. The third kappa shape index (κ3) is 2.86. The Balaban J connectivity index is 1.66. The lowest BCUT2D eigenvalue weighted by Crippen LogP contribution is -1.97. The normalized spacial score (nSPS) is 11.1. The number of thiazole rings is 1. The molecule has 0 spiro atoms. The van der Waals surface area contributed by atoms with Crippen LogP contribution in [0.3, 0.4) is 0 Å². The zero-order chi connectivity index (χ0) is 16.7. The van der Waals surface area contributed by atoms with Crippen LogP contribution in [0, 0.1) is 13.8 Å². The van der Waals surface area contributed by atoms with Crippen LogP contribution in [-0.2, 0) is 0 Å². The van der Waals surface area contributed by atoms with Gasteiger partial charge in [-0.1, -0.05) is 11.6 Å². The van der Waals surface area contributed by atoms with E-state index in [-0.39, 0.29) is 0 Å². The van der Waals surface area contributed by atoms with Gasteiger partial charge in [0.1, 0.15) is 11.0 Å². The number of anilines is 2. The Bertz CT molecular complexity index is 1000. The van der Waals surface area contributed by atoms with Crippen molar-refractivity contribution < 1.29 is 0 Å². The molecule has 5 nitrogen and oxygen atoms in total. The van der Waals surface area contributed by atoms with Crippen molar-refractivity contribution in [2.24, 2.45) is 0 Å². The molecule has 0 atom stereocenters. The molecule has 7 heteroatoms. The third-order valence-electron chi connectivity index (χ3n) is 3.72. The summed E-state index contributed by atoms with van der Waals surface area (Å²) in [4.78, 5) is 7.33. The molecular formula is C17H14ClN5S. The summed E-state index contributed by atoms with van der Waals surface area (Å²) in [5, 5.41) is 13.9. The molecule has 2 aromatic carbocycles. The van der Waals surface area contributed by atoms with Crippen molar-refractivity contribution >= 4 is 44.8 Å². The van der Waals surface area contributed by atoms with Gasteiger partial charge in [0.05, 0.1) is 11.4 Å². The molecule has 0 bridgehead atoms. The van der Waals surface area contributed by atoms with E-state index in [0.717, 1.165) is 33.2 Å². The molecule has 0 saturated heterocycles. The highest BCUT2D eigenvalue weighted by Gasteiger charge is 2.08. The standard InChI is InChI=1S/C17H14ClN5S/c1-10-11(2)24-17(19-10)20-13-5-8-15-16(9-13)22-23(21-15)14-6-3-12(18)4-7-14/h3-9H,1-2H3,(H,19,20). The fourth-order valence-corrected chi connectivity index (χ4v) is 3.29. The molecule has 0 radical (unpaired) electrons. The molecule has 1 N–H and O–H groups in total. The number of aromatic nitrogens is 4. The molecule has 0 unspecified atom stereocenters. The summed E-state index contributed by atoms with van der Waals surface area (Å²) in [6, 6.07) is 13.3. The van der Waals surface area contributed by atoms with Crippen LogP contribution in [0.4, 0.5) is 10.8 Å². The van der Waals surface area contributed by atoms with Gasteiger partial charge in [-0.25, -0.2) is 4.98 Å². The number of benzene rings is 2. The van der Waals surface area contributed by atoms with Gasteiger partial charge in [0.2, 0.25) is 0 Å². The third-order valence-corrected chi connectivity index (χ3v) is 4.96. The number of fused-ring (bicyclic) bond motifs is 1. The van der Waals surface area contributed by atoms with E-state index >= 15 is 0 Å². The van der Waals surface area contributed by atoms with E-state index in [1.807, 2.05) is 49.4 Å². The summed E-state index contributed by atoms with van der Waals surface area (Å²) in [7, 11) is 0. The summed E-state index contributed by atoms with van der Waals surface area (Å²) in [5.74, 6) is 0. The minimum atomic E-state index is 0.691. The zero-order valence-corrected chi connectivity index (χ0v) is 14.7. The van der Waals surface area contributed by atoms with Gasteiger partial charge in [-0.2, -0.15) is 4.80 Å². The maximum absolute atomic E-state index is 5.93. The molecule has 4 aromatic rings. The van der Waals surface area contributed by atoms with Crippen LogP contribution in [0.25, 0.3) is 16.7 Å². The second-order valence-corrected chi connectivity index (χ2v) is 7.09. The van der Waals surface area contributed by atoms with Crippen LogP contribution in [0.1, 0.15) is 10.6 Å². The van der Waals surface area contributed by atoms with E-state index in [9.17, 15) is 0 Å². The van der Waals surface area contributed by atoms with Crippen LogP contribution < -0.4 is 5.32 Å². The molecule has 24 heavy (non-hydrogen) atoms. The molecule has 0 aliphatic rings. The number of hydrogen-bond acceptors (Lipinski definition) is 5. The molecular weight excluding hydrogens is 342 g/mol. The maximum atomic E-state index is 5.93. The summed E-state index contributed by atoms with van der Waals surface area (Å²) < 4.78 is 0. The van der Waals surface area contributed by atoms with Gasteiger partial charge in [0.15, 0.2) is 5.13 Å². The van der Waals surface area contributed by atoms with E-state index in [2.05, 4.69) is 27.4 Å². The maximum Gasteiger partial charge on any atom is 0.187 e. The number of hydrogen-bond donors (Lipinski definition) is 1. The van der Waals surface area contributed by atoms with Crippen LogP contribution in [0.5, 0.6) is 0 Å². The zero-order valence-electron chi connectivity index (χ0n) is 13.1. The minimum Gasteiger partial charge on any atom is -0.331 e. The van der Waals surface area contributed by atoms with Crippen LogP contribution in [0.15, 0.2) is 42.5 Å². The minimum absolute atomic E-state index is 0.691. The molecule has 0 fully saturated rings. The quantitative estimate of drug-likeness (QED) is 0.568. The highest BCUT2D eigenvalue weighted by Crippen LogP contribution is 2.26. The van der Waals surface area contributed by atoms with Gasteiger partial charge in [0, 0.05) is 15.6 Å². The molecule has 0 amide bonds. The molecule has 0 saturated carbocycles. The van der Waals surface area contributed by atoms with Gasteiger partial charge in [-0.3, -0.25) is 0 Å². The Morgan fingerprint density at radius 1 is 1.00 bits per heavy atom. The number of nitrogens with one attached hydrogen (secondary N) is 1. The van der Waals surface area contributed by atoms with Gasteiger partial charge in [-0.15, -0.1) is 21.5 Å². The van der Waals surface area contributed by atoms with Gasteiger partial charge >= 0.3 is 0 Å². The lowest BCUT2D eigenvalue weighted by Gasteiger charge is -2.00. The predicted molar refractivity (Wildman–Crippen MR) is 98.7 cm³/mol. The van der Waals surface area contributed by atoms with E-state index in [1.54, 1.807) is 16.1 Å². The monoisotopic (exact) mass is 355 g/mol. The van der Waals surface area contributed by atoms with E-state index < -0.39 is 0 Å². The fraction of sp³-hybridized carbons (Fsp3) is 0.118. The largest absolute Gasteiger partial charge is 0.331 e. The Labute approximate surface area is 147 Å². The molecule has 0 aliphatic carbocycles. The number of rotatable bonds is 3. The highest BCUT2D eigenvalue weighted by molar-refractivity contribution is 7.15. The van der Waals surface area contributed by atoms with Crippen molar-refractivity contribution in [3.63, 3.8) is 0 Å². The predicted octanol–water partition coefficient (Wildman–Crippen LogP) is 4.89. The average Bonchev–Trinajstić information content (AvgIpc) is 3.11. The van der Waals surface area contributed by atoms with E-state index in [4.69, 9.17) is 11.6 Å². The van der Waals surface area contributed by atoms with Crippen molar-refractivity contribution in [2.45, 2.75) is 13.8 Å². The molecule has 2 heterocycles. The fourth-order valence-electron chi connectivity index (χ4n) is 2.33. The van der Waals surface area contributed by atoms with Crippen molar-refractivity contribution in [2.75, 3.05) is 5.32 Å². The van der Waals surface area contributed by atoms with Crippen molar-refractivity contribution in [3.05, 3.63) is 58.1 Å². The SMILES string of the molecule is Cc1nc(Nc2ccc3nn(-c4ccc(Cl)cc4)nc3c2)sc1C. The molecule has 120 valence electrons. The summed E-state index contributed by atoms with van der Waals surface area (Å²) in [6.45, 7) is 4.08. The summed E-state index contributed by atoms with van der Waals surface area (Å²) in [6.07, 6.45) is 0. The van der Waals surface area contributed by atoms with Crippen LogP contribution in [-0.4, -0.2) is 20.0 Å². The van der Waals surface area contributed by atoms with Crippen molar-refractivity contribution in [3.8, 4) is 5.69 Å². The first-order valence-electron chi connectivity index (χ1n) is 7.42. The number of nitrogens with zero attached hydrogens (tertiary/aromatic N) is 4. The first-order valence-corrected chi connectivity index (χ1v) is 8.62. The van der Waals surface area contributed by atoms with Crippen molar-refractivity contribution in [1.29, 1.82) is 0 Å². The first kappa shape index (κ1) is 15.1. The highest BCUT2D eigenvalue weighted by atomic mass is 35.5. The topological polar surface area (TPSA) is 55.6 Å². The van der Waals surface area contributed by atoms with Crippen LogP contribution >= 0.6 is 22.9 Å². The Kier molecular flexibility index (Phi) is 3.70. The first-order chi connectivity index (χ1) is 11.6. The Morgan fingerprint density at radius 2 is 1.75 bits per heavy atom. The molecule has 4 rings (SSSR count). The smallest absolute Gasteiger partial charge is 0.187 e. The average molecular weight is 356 g/mol. The second kappa shape index (κ2) is 5.89. The number of halogens is 1. The Hall–Kier alpha value is -2.44. The number of aryl methyl sites for hydroxylation is 2. The van der Waals surface area contributed by atoms with E-state index in [1.165, 1.54) is 4.88 Å². The van der Waals surface area contributed by atoms with E-state index in [0.29, 0.717) is 5.02 Å². The second-order valence-electron chi connectivity index (χ2n) is 5.45. The molecule has 0 aliphatic heterocycles. The van der Waals surface area contributed by atoms with Gasteiger partial charge in [-0.05, 0) is 56.3 Å². The summed E-state index contributed by atoms with van der Waals surface area (Å²) in [5.41, 5.74) is 4.52. The van der Waals surface area contributed by atoms with Gasteiger partial charge in [0.25, 0.3) is 0 Å². The molecule has 2 aromatic heterocycles. The summed E-state index contributed by atoms with van der Waals surface area (Å²) >= 11 is 7.57. The lowest BCUT2D eigenvalue weighted by molar-refractivity contribution is 0.766. The van der Waals surface area contributed by atoms with Crippen LogP contribution in [0.2, 0.25) is 5.02 Å². The van der Waals surface area contributed by atoms with Gasteiger partial charge < -0.3 is 5.32 Å². The van der Waals surface area contributed by atoms with Crippen molar-refractivity contribution in [1.82, 2.24) is 20.0 Å². The lowest BCUT2D eigenvalue weighted by atomic mass is 10.3.